The Bertz CT molecular complexity index is 1410. The SMILES string of the molecule is C[C@H](NP(=O)(OCC(O)C(O)C1(F)C[C@H]1n1ccc(N)nc1=O)Oc1ccccc1)C(=O)OCc1ccccc1. The molecule has 2 aromatic carbocycles. The standard InChI is InChI=1S/C26H30FN4O8P/c1-17(24(34)37-15-18-8-4-2-5-9-18)30-40(36,39-19-10-6-3-7-11-19)38-16-20(32)23(33)26(27)14-21(26)31-13-12-22(28)29-25(31)35/h2-13,17,20-21,23,32-33H,14-16H2,1H3,(H,30,36)(H2,28,29,35)/t17-,20?,21+,23?,26?,40?/m0/s1. The number of hydrogen-bond acceptors (Lipinski definition) is 10. The van der Waals surface area contributed by atoms with E-state index in [1.54, 1.807) is 42.5 Å². The van der Waals surface area contributed by atoms with Crippen molar-refractivity contribution in [1.29, 1.82) is 0 Å². The maximum atomic E-state index is 15.4. The maximum Gasteiger partial charge on any atom is 0.459 e. The molecule has 12 nitrogen and oxygen atoms in total. The average molecular weight is 577 g/mol. The number of ether oxygens (including phenoxy) is 1. The second kappa shape index (κ2) is 12.3. The minimum Gasteiger partial charge on any atom is -0.460 e. The van der Waals surface area contributed by atoms with Gasteiger partial charge in [-0.3, -0.25) is 13.9 Å². The fourth-order valence-electron chi connectivity index (χ4n) is 3.99. The molecule has 14 heteroatoms. The molecule has 1 fully saturated rings. The van der Waals surface area contributed by atoms with Crippen molar-refractivity contribution in [3.63, 3.8) is 0 Å². The fourth-order valence-corrected chi connectivity index (χ4v) is 5.49. The van der Waals surface area contributed by atoms with Crippen LogP contribution in [0.1, 0.15) is 24.9 Å². The van der Waals surface area contributed by atoms with E-state index in [2.05, 4.69) is 10.1 Å². The molecule has 214 valence electrons. The van der Waals surface area contributed by atoms with Crippen molar-refractivity contribution in [1.82, 2.24) is 14.6 Å². The highest BCUT2D eigenvalue weighted by molar-refractivity contribution is 7.52. The van der Waals surface area contributed by atoms with Crippen molar-refractivity contribution >= 4 is 19.5 Å². The number of nitrogens with two attached hydrogens (primary N) is 1. The summed E-state index contributed by atoms with van der Waals surface area (Å²) >= 11 is 0. The third-order valence-electron chi connectivity index (χ3n) is 6.26. The number of nitrogens with one attached hydrogen (secondary N) is 1. The van der Waals surface area contributed by atoms with Crippen LogP contribution in [0.25, 0.3) is 0 Å². The highest BCUT2D eigenvalue weighted by atomic mass is 31.2. The summed E-state index contributed by atoms with van der Waals surface area (Å²) in [5, 5.41) is 23.5. The molecule has 1 aliphatic rings. The molecule has 0 amide bonds. The molecule has 0 radical (unpaired) electrons. The topological polar surface area (TPSA) is 175 Å². The number of halogens is 1. The number of esters is 1. The second-order valence-electron chi connectivity index (χ2n) is 9.34. The molecular weight excluding hydrogens is 546 g/mol. The molecule has 40 heavy (non-hydrogen) atoms. The lowest BCUT2D eigenvalue weighted by Gasteiger charge is -2.26. The predicted octanol–water partition coefficient (Wildman–Crippen LogP) is 2.13. The number of nitrogens with zero attached hydrogens (tertiary/aromatic N) is 2. The van der Waals surface area contributed by atoms with Crippen LogP contribution in [0.5, 0.6) is 5.75 Å². The van der Waals surface area contributed by atoms with Gasteiger partial charge in [0.15, 0.2) is 5.67 Å². The fraction of sp³-hybridized carbons (Fsp3) is 0.346. The molecule has 1 heterocycles. The normalized spacial score (nSPS) is 21.9. The number of hydrogen-bond donors (Lipinski definition) is 4. The first-order chi connectivity index (χ1) is 19.0. The summed E-state index contributed by atoms with van der Waals surface area (Å²) in [6.45, 7) is 0.525. The van der Waals surface area contributed by atoms with Gasteiger partial charge in [-0.05, 0) is 30.7 Å². The number of anilines is 1. The summed E-state index contributed by atoms with van der Waals surface area (Å²) in [7, 11) is -4.38. The molecule has 4 rings (SSSR count). The van der Waals surface area contributed by atoms with Crippen LogP contribution in [-0.4, -0.2) is 56.3 Å². The van der Waals surface area contributed by atoms with Gasteiger partial charge >= 0.3 is 19.4 Å². The van der Waals surface area contributed by atoms with Crippen molar-refractivity contribution in [2.75, 3.05) is 12.3 Å². The number of benzene rings is 2. The van der Waals surface area contributed by atoms with Crippen molar-refractivity contribution < 1.29 is 37.7 Å². The monoisotopic (exact) mass is 576 g/mol. The van der Waals surface area contributed by atoms with E-state index < -0.39 is 56.0 Å². The number of carbonyl (C=O) groups excluding carboxylic acids is 1. The van der Waals surface area contributed by atoms with Gasteiger partial charge in [0.25, 0.3) is 0 Å². The molecule has 4 unspecified atom stereocenters. The first-order valence-corrected chi connectivity index (χ1v) is 13.9. The molecule has 1 aromatic heterocycles. The van der Waals surface area contributed by atoms with Crippen molar-refractivity contribution in [2.24, 2.45) is 0 Å². The Labute approximate surface area is 229 Å². The van der Waals surface area contributed by atoms with Crippen LogP contribution in [0.15, 0.2) is 77.7 Å². The number of carbonyl (C=O) groups is 1. The number of nitrogen functional groups attached to an aromatic ring is 1. The van der Waals surface area contributed by atoms with E-state index in [1.807, 2.05) is 6.07 Å². The van der Waals surface area contributed by atoms with Gasteiger partial charge < -0.3 is 25.2 Å². The molecule has 3 aromatic rings. The maximum absolute atomic E-state index is 15.4. The number of aromatic nitrogens is 2. The molecule has 0 spiro atoms. The molecule has 6 atom stereocenters. The number of rotatable bonds is 13. The van der Waals surface area contributed by atoms with Crippen LogP contribution >= 0.6 is 7.75 Å². The summed E-state index contributed by atoms with van der Waals surface area (Å²) in [5.41, 5.74) is 3.02. The Balaban J connectivity index is 1.40. The summed E-state index contributed by atoms with van der Waals surface area (Å²) in [4.78, 5) is 28.1. The third kappa shape index (κ3) is 7.12. The van der Waals surface area contributed by atoms with E-state index in [1.165, 1.54) is 31.3 Å². The first kappa shape index (κ1) is 29.4. The van der Waals surface area contributed by atoms with Crippen LogP contribution in [0.4, 0.5) is 10.2 Å². The summed E-state index contributed by atoms with van der Waals surface area (Å²) in [6, 6.07) is 15.9. The van der Waals surface area contributed by atoms with E-state index in [0.29, 0.717) is 0 Å². The molecule has 1 saturated carbocycles. The molecule has 1 aliphatic carbocycles. The minimum absolute atomic E-state index is 0.0202. The van der Waals surface area contributed by atoms with Crippen molar-refractivity contribution in [3.05, 3.63) is 89.0 Å². The molecule has 0 bridgehead atoms. The van der Waals surface area contributed by atoms with Gasteiger partial charge in [-0.2, -0.15) is 10.1 Å². The van der Waals surface area contributed by atoms with Crippen molar-refractivity contribution in [2.45, 2.75) is 49.9 Å². The molecule has 5 N–H and O–H groups in total. The molecule has 0 saturated heterocycles. The van der Waals surface area contributed by atoms with E-state index in [9.17, 15) is 24.4 Å². The minimum atomic E-state index is -4.38. The van der Waals surface area contributed by atoms with Crippen LogP contribution in [-0.2, 0) is 25.2 Å². The van der Waals surface area contributed by atoms with Gasteiger partial charge in [0.05, 0.1) is 12.6 Å². The van der Waals surface area contributed by atoms with Crippen LogP contribution in [0.3, 0.4) is 0 Å². The number of alkyl halides is 1. The van der Waals surface area contributed by atoms with Crippen LogP contribution in [0, 0.1) is 0 Å². The highest BCUT2D eigenvalue weighted by Gasteiger charge is 2.64. The summed E-state index contributed by atoms with van der Waals surface area (Å²) < 4.78 is 46.1. The van der Waals surface area contributed by atoms with Gasteiger partial charge in [0.1, 0.15) is 36.4 Å². The Morgan fingerprint density at radius 3 is 2.50 bits per heavy atom. The van der Waals surface area contributed by atoms with E-state index in [4.69, 9.17) is 19.5 Å². The number of para-hydroxylation sites is 1. The quantitative estimate of drug-likeness (QED) is 0.173. The molecular formula is C26H30FN4O8P. The lowest BCUT2D eigenvalue weighted by molar-refractivity contribution is -0.146. The third-order valence-corrected chi connectivity index (χ3v) is 7.90. The average Bonchev–Trinajstić information content (AvgIpc) is 3.62. The zero-order valence-corrected chi connectivity index (χ0v) is 22.4. The Morgan fingerprint density at radius 2 is 1.85 bits per heavy atom. The van der Waals surface area contributed by atoms with Gasteiger partial charge in [0.2, 0.25) is 0 Å². The van der Waals surface area contributed by atoms with Gasteiger partial charge in [-0.1, -0.05) is 48.5 Å². The Morgan fingerprint density at radius 1 is 1.20 bits per heavy atom. The first-order valence-electron chi connectivity index (χ1n) is 12.4. The van der Waals surface area contributed by atoms with E-state index in [0.717, 1.165) is 10.1 Å². The van der Waals surface area contributed by atoms with Gasteiger partial charge in [0, 0.05) is 12.6 Å². The second-order valence-corrected chi connectivity index (χ2v) is 11.0. The Hall–Kier alpha value is -3.61. The lowest BCUT2D eigenvalue weighted by atomic mass is 10.1. The van der Waals surface area contributed by atoms with Crippen LogP contribution < -0.4 is 21.0 Å². The zero-order chi connectivity index (χ0) is 28.9. The zero-order valence-electron chi connectivity index (χ0n) is 21.5. The Kier molecular flexibility index (Phi) is 9.02. The van der Waals surface area contributed by atoms with Crippen molar-refractivity contribution in [3.8, 4) is 5.75 Å². The number of aliphatic hydroxyl groups is 2. The van der Waals surface area contributed by atoms with Gasteiger partial charge in [-0.25, -0.2) is 13.8 Å². The van der Waals surface area contributed by atoms with Gasteiger partial charge in [-0.15, -0.1) is 0 Å². The molecule has 0 aliphatic heterocycles. The summed E-state index contributed by atoms with van der Waals surface area (Å²) in [5.74, 6) is -0.672. The smallest absolute Gasteiger partial charge is 0.459 e. The summed E-state index contributed by atoms with van der Waals surface area (Å²) in [6.07, 6.45) is -2.92. The largest absolute Gasteiger partial charge is 0.460 e. The number of aliphatic hydroxyl groups excluding tert-OH is 2. The van der Waals surface area contributed by atoms with E-state index >= 15 is 4.39 Å². The lowest BCUT2D eigenvalue weighted by Crippen LogP contribution is -2.42. The van der Waals surface area contributed by atoms with Crippen LogP contribution in [0.2, 0.25) is 0 Å². The predicted molar refractivity (Wildman–Crippen MR) is 142 cm³/mol. The van der Waals surface area contributed by atoms with E-state index in [-0.39, 0.29) is 24.6 Å². The highest BCUT2D eigenvalue weighted by Crippen LogP contribution is 2.54.